The first-order valence-electron chi connectivity index (χ1n) is 6.81. The van der Waals surface area contributed by atoms with E-state index >= 15 is 0 Å². The smallest absolute Gasteiger partial charge is 0.261 e. The standard InChI is InChI=1S/C14H17N3O2/c18-12-9-15-8-7-11(12)14-16-13(17-19-14)10-5-3-1-2-4-6-10/h7-10,18H,1-6H2. The van der Waals surface area contributed by atoms with Gasteiger partial charge in [-0.25, -0.2) is 0 Å². The van der Waals surface area contributed by atoms with E-state index in [1.54, 1.807) is 12.3 Å². The van der Waals surface area contributed by atoms with Gasteiger partial charge in [0.2, 0.25) is 0 Å². The van der Waals surface area contributed by atoms with E-state index in [9.17, 15) is 5.11 Å². The minimum Gasteiger partial charge on any atom is -0.505 e. The average Bonchev–Trinajstić information content (AvgIpc) is 2.75. The Morgan fingerprint density at radius 2 is 1.95 bits per heavy atom. The van der Waals surface area contributed by atoms with Crippen LogP contribution in [0.1, 0.15) is 50.3 Å². The quantitative estimate of drug-likeness (QED) is 0.838. The SMILES string of the molecule is Oc1cnccc1-c1nc(C2CCCCCC2)no1. The molecule has 2 heterocycles. The molecular weight excluding hydrogens is 242 g/mol. The lowest BCUT2D eigenvalue weighted by molar-refractivity contribution is 0.406. The number of pyridine rings is 1. The first kappa shape index (κ1) is 12.1. The van der Waals surface area contributed by atoms with E-state index in [0.29, 0.717) is 17.4 Å². The Balaban J connectivity index is 1.85. The first-order valence-corrected chi connectivity index (χ1v) is 6.81. The van der Waals surface area contributed by atoms with Crippen molar-refractivity contribution in [2.45, 2.75) is 44.4 Å². The zero-order valence-corrected chi connectivity index (χ0v) is 10.7. The van der Waals surface area contributed by atoms with E-state index < -0.39 is 0 Å². The Hall–Kier alpha value is -1.91. The fraction of sp³-hybridized carbons (Fsp3) is 0.500. The molecule has 0 amide bonds. The summed E-state index contributed by atoms with van der Waals surface area (Å²) in [5, 5.41) is 13.8. The van der Waals surface area contributed by atoms with Gasteiger partial charge in [-0.3, -0.25) is 4.98 Å². The van der Waals surface area contributed by atoms with Crippen LogP contribution in [-0.4, -0.2) is 20.2 Å². The van der Waals surface area contributed by atoms with Gasteiger partial charge >= 0.3 is 0 Å². The number of nitrogens with zero attached hydrogens (tertiary/aromatic N) is 3. The second kappa shape index (κ2) is 5.38. The molecule has 0 aliphatic heterocycles. The minimum atomic E-state index is 0.0681. The first-order chi connectivity index (χ1) is 9.34. The predicted molar refractivity (Wildman–Crippen MR) is 69.6 cm³/mol. The van der Waals surface area contributed by atoms with Crippen LogP contribution in [-0.2, 0) is 0 Å². The highest BCUT2D eigenvalue weighted by Crippen LogP contribution is 2.32. The Morgan fingerprint density at radius 3 is 2.68 bits per heavy atom. The van der Waals surface area contributed by atoms with Gasteiger partial charge in [-0.15, -0.1) is 0 Å². The van der Waals surface area contributed by atoms with Gasteiger partial charge in [-0.05, 0) is 18.9 Å². The van der Waals surface area contributed by atoms with Crippen LogP contribution >= 0.6 is 0 Å². The third-order valence-corrected chi connectivity index (χ3v) is 3.69. The van der Waals surface area contributed by atoms with Gasteiger partial charge in [0.25, 0.3) is 5.89 Å². The highest BCUT2D eigenvalue weighted by Gasteiger charge is 2.21. The van der Waals surface area contributed by atoms with E-state index in [-0.39, 0.29) is 5.75 Å². The topological polar surface area (TPSA) is 72.0 Å². The lowest BCUT2D eigenvalue weighted by Crippen LogP contribution is -1.99. The van der Waals surface area contributed by atoms with Crippen molar-refractivity contribution in [3.63, 3.8) is 0 Å². The molecule has 1 fully saturated rings. The molecule has 5 nitrogen and oxygen atoms in total. The molecule has 0 aromatic carbocycles. The minimum absolute atomic E-state index is 0.0681. The molecule has 100 valence electrons. The van der Waals surface area contributed by atoms with Crippen LogP contribution in [0, 0.1) is 0 Å². The highest BCUT2D eigenvalue weighted by atomic mass is 16.5. The molecule has 0 unspecified atom stereocenters. The molecule has 19 heavy (non-hydrogen) atoms. The van der Waals surface area contributed by atoms with Gasteiger partial charge in [-0.1, -0.05) is 30.8 Å². The van der Waals surface area contributed by atoms with Gasteiger partial charge in [0.05, 0.1) is 11.8 Å². The molecule has 0 bridgehead atoms. The van der Waals surface area contributed by atoms with E-state index in [1.165, 1.54) is 31.9 Å². The maximum Gasteiger partial charge on any atom is 0.261 e. The molecule has 0 saturated heterocycles. The second-order valence-electron chi connectivity index (χ2n) is 5.04. The average molecular weight is 259 g/mol. The van der Waals surface area contributed by atoms with Gasteiger partial charge < -0.3 is 9.63 Å². The summed E-state index contributed by atoms with van der Waals surface area (Å²) in [6, 6.07) is 1.68. The van der Waals surface area contributed by atoms with Crippen LogP contribution in [0.25, 0.3) is 11.5 Å². The molecule has 0 spiro atoms. The monoisotopic (exact) mass is 259 g/mol. The number of hydrogen-bond acceptors (Lipinski definition) is 5. The molecule has 1 aliphatic rings. The number of aromatic nitrogens is 3. The third-order valence-electron chi connectivity index (χ3n) is 3.69. The molecule has 3 rings (SSSR count). The Labute approximate surface area is 111 Å². The van der Waals surface area contributed by atoms with Crippen molar-refractivity contribution < 1.29 is 9.63 Å². The molecule has 1 saturated carbocycles. The van der Waals surface area contributed by atoms with Crippen LogP contribution in [0.15, 0.2) is 23.0 Å². The van der Waals surface area contributed by atoms with Crippen LogP contribution in [0.5, 0.6) is 5.75 Å². The van der Waals surface area contributed by atoms with Crippen molar-refractivity contribution in [1.29, 1.82) is 0 Å². The Morgan fingerprint density at radius 1 is 1.16 bits per heavy atom. The maximum absolute atomic E-state index is 9.74. The summed E-state index contributed by atoms with van der Waals surface area (Å²) in [6.45, 7) is 0. The highest BCUT2D eigenvalue weighted by molar-refractivity contribution is 5.60. The fourth-order valence-electron chi connectivity index (χ4n) is 2.61. The molecule has 2 aromatic rings. The second-order valence-corrected chi connectivity index (χ2v) is 5.04. The number of aromatic hydroxyl groups is 1. The van der Waals surface area contributed by atoms with E-state index in [0.717, 1.165) is 18.7 Å². The molecule has 0 atom stereocenters. The Bertz CT molecular complexity index is 545. The zero-order chi connectivity index (χ0) is 13.1. The van der Waals surface area contributed by atoms with Crippen LogP contribution in [0.2, 0.25) is 0 Å². The van der Waals surface area contributed by atoms with Crippen LogP contribution in [0.4, 0.5) is 0 Å². The van der Waals surface area contributed by atoms with Crippen molar-refractivity contribution >= 4 is 0 Å². The van der Waals surface area contributed by atoms with Crippen molar-refractivity contribution in [3.8, 4) is 17.2 Å². The lowest BCUT2D eigenvalue weighted by Gasteiger charge is -2.07. The summed E-state index contributed by atoms with van der Waals surface area (Å²) < 4.78 is 5.28. The van der Waals surface area contributed by atoms with E-state index in [4.69, 9.17) is 4.52 Å². The Kier molecular flexibility index (Phi) is 3.44. The van der Waals surface area contributed by atoms with Crippen LogP contribution < -0.4 is 0 Å². The van der Waals surface area contributed by atoms with Gasteiger partial charge in [0.1, 0.15) is 5.75 Å². The van der Waals surface area contributed by atoms with Crippen molar-refractivity contribution in [2.24, 2.45) is 0 Å². The zero-order valence-electron chi connectivity index (χ0n) is 10.7. The lowest BCUT2D eigenvalue weighted by atomic mass is 10.00. The van der Waals surface area contributed by atoms with Gasteiger partial charge in [0.15, 0.2) is 5.82 Å². The summed E-state index contributed by atoms with van der Waals surface area (Å²) in [5.74, 6) is 1.61. The summed E-state index contributed by atoms with van der Waals surface area (Å²) in [7, 11) is 0. The molecule has 0 radical (unpaired) electrons. The third kappa shape index (κ3) is 2.59. The fourth-order valence-corrected chi connectivity index (χ4v) is 2.61. The van der Waals surface area contributed by atoms with Gasteiger partial charge in [-0.2, -0.15) is 4.98 Å². The largest absolute Gasteiger partial charge is 0.505 e. The van der Waals surface area contributed by atoms with Gasteiger partial charge in [0, 0.05) is 12.1 Å². The molecule has 1 N–H and O–H groups in total. The summed E-state index contributed by atoms with van der Waals surface area (Å²) in [5.41, 5.74) is 0.544. The van der Waals surface area contributed by atoms with E-state index in [2.05, 4.69) is 15.1 Å². The van der Waals surface area contributed by atoms with E-state index in [1.807, 2.05) is 0 Å². The number of hydrogen-bond donors (Lipinski definition) is 1. The molecular formula is C14H17N3O2. The van der Waals surface area contributed by atoms with Crippen molar-refractivity contribution in [1.82, 2.24) is 15.1 Å². The van der Waals surface area contributed by atoms with Crippen LogP contribution in [0.3, 0.4) is 0 Å². The summed E-state index contributed by atoms with van der Waals surface area (Å²) in [6.07, 6.45) is 10.3. The maximum atomic E-state index is 9.74. The normalized spacial score (nSPS) is 17.3. The van der Waals surface area contributed by atoms with Crippen molar-refractivity contribution in [2.75, 3.05) is 0 Å². The molecule has 2 aromatic heterocycles. The summed E-state index contributed by atoms with van der Waals surface area (Å²) in [4.78, 5) is 8.28. The van der Waals surface area contributed by atoms with Crippen molar-refractivity contribution in [3.05, 3.63) is 24.3 Å². The summed E-state index contributed by atoms with van der Waals surface area (Å²) >= 11 is 0. The molecule has 1 aliphatic carbocycles. The molecule has 5 heteroatoms. The predicted octanol–water partition coefficient (Wildman–Crippen LogP) is 3.28. The number of rotatable bonds is 2.